The van der Waals surface area contributed by atoms with E-state index in [9.17, 15) is 24.0 Å². The summed E-state index contributed by atoms with van der Waals surface area (Å²) in [6, 6.07) is 0. The fourth-order valence-corrected chi connectivity index (χ4v) is 4.87. The van der Waals surface area contributed by atoms with Crippen LogP contribution in [-0.2, 0) is 52.3 Å². The first-order valence-electron chi connectivity index (χ1n) is 15.2. The van der Waals surface area contributed by atoms with Crippen molar-refractivity contribution in [3.63, 3.8) is 0 Å². The van der Waals surface area contributed by atoms with Crippen molar-refractivity contribution >= 4 is 29.8 Å². The molecule has 0 aromatic heterocycles. The number of rotatable bonds is 14. The summed E-state index contributed by atoms with van der Waals surface area (Å²) in [4.78, 5) is 59.8. The predicted octanol–water partition coefficient (Wildman–Crippen LogP) is 0.360. The van der Waals surface area contributed by atoms with Gasteiger partial charge in [0.15, 0.2) is 17.9 Å². The first-order chi connectivity index (χ1) is 20.9. The Morgan fingerprint density at radius 1 is 0.644 bits per heavy atom. The number of carbonyl (C=O) groups excluding carboxylic acids is 5. The van der Waals surface area contributed by atoms with Crippen molar-refractivity contribution in [2.45, 2.75) is 122 Å². The second-order valence-electron chi connectivity index (χ2n) is 12.9. The third kappa shape index (κ3) is 12.3. The highest BCUT2D eigenvalue weighted by Gasteiger charge is 2.60. The van der Waals surface area contributed by atoms with Crippen LogP contribution in [0, 0.1) is 0 Å². The van der Waals surface area contributed by atoms with Gasteiger partial charge in [-0.2, -0.15) is 0 Å². The molecule has 4 N–H and O–H groups in total. The average molecular weight is 645 g/mol. The van der Waals surface area contributed by atoms with Gasteiger partial charge in [0.05, 0.1) is 6.42 Å². The van der Waals surface area contributed by atoms with Gasteiger partial charge in [0.1, 0.15) is 36.6 Å². The Morgan fingerprint density at radius 2 is 1.11 bits per heavy atom. The Bertz CT molecular complexity index is 1080. The van der Waals surface area contributed by atoms with E-state index >= 15 is 0 Å². The molecule has 3 fully saturated rings. The molecule has 0 saturated carbocycles. The first kappa shape index (κ1) is 36.4. The van der Waals surface area contributed by atoms with E-state index in [1.165, 1.54) is 0 Å². The molecule has 0 radical (unpaired) electrons. The van der Waals surface area contributed by atoms with E-state index < -0.39 is 59.9 Å². The van der Waals surface area contributed by atoms with Crippen LogP contribution in [0.4, 0.5) is 4.79 Å². The summed E-state index contributed by atoms with van der Waals surface area (Å²) in [5.41, 5.74) is -0.630. The molecule has 0 unspecified atom stereocenters. The normalized spacial score (nSPS) is 26.2. The number of ether oxygens (including phenoxy) is 7. The molecule has 3 rings (SSSR count). The lowest BCUT2D eigenvalue weighted by Crippen LogP contribution is -2.56. The summed E-state index contributed by atoms with van der Waals surface area (Å²) in [6.45, 7) is 12.6. The van der Waals surface area contributed by atoms with Gasteiger partial charge in [0, 0.05) is 45.4 Å². The summed E-state index contributed by atoms with van der Waals surface area (Å²) in [7, 11) is 0. The fraction of sp³-hybridized carbons (Fsp3) is 0.828. The first-order valence-corrected chi connectivity index (χ1v) is 15.2. The number of hydrogen-bond acceptors (Lipinski definition) is 12. The SMILES string of the molecule is CC(C)(C)OC(=O)NCCC(=O)NCCC(=O)NCCC(=O)NCCC(=O)OC[C@H]1O[C@@H]2OC(C)(C)O[C@@H]2[C@H]2OC(C)(C)O[C@H]21. The summed E-state index contributed by atoms with van der Waals surface area (Å²) < 4.78 is 40.3. The van der Waals surface area contributed by atoms with Gasteiger partial charge in [-0.25, -0.2) is 4.79 Å². The van der Waals surface area contributed by atoms with Crippen molar-refractivity contribution in [3.05, 3.63) is 0 Å². The number of hydrogen-bond donors (Lipinski definition) is 4. The Hall–Kier alpha value is -3.05. The Morgan fingerprint density at radius 3 is 1.67 bits per heavy atom. The predicted molar refractivity (Wildman–Crippen MR) is 155 cm³/mol. The molecule has 0 bridgehead atoms. The number of amides is 4. The Kier molecular flexibility index (Phi) is 12.5. The largest absolute Gasteiger partial charge is 0.463 e. The maximum Gasteiger partial charge on any atom is 0.407 e. The fourth-order valence-electron chi connectivity index (χ4n) is 4.87. The number of alkyl carbamates (subject to hydrolysis) is 1. The van der Waals surface area contributed by atoms with Crippen LogP contribution < -0.4 is 21.3 Å². The lowest BCUT2D eigenvalue weighted by molar-refractivity contribution is -0.242. The number of nitrogens with one attached hydrogen (secondary N) is 4. The van der Waals surface area contributed by atoms with E-state index in [1.807, 2.05) is 0 Å². The van der Waals surface area contributed by atoms with Gasteiger partial charge in [-0.3, -0.25) is 19.2 Å². The highest BCUT2D eigenvalue weighted by Crippen LogP contribution is 2.44. The maximum atomic E-state index is 12.3. The van der Waals surface area contributed by atoms with E-state index in [1.54, 1.807) is 48.5 Å². The third-order valence-corrected chi connectivity index (χ3v) is 6.68. The van der Waals surface area contributed by atoms with Crippen LogP contribution in [0.5, 0.6) is 0 Å². The molecule has 5 atom stereocenters. The topological polar surface area (TPSA) is 198 Å². The Labute approximate surface area is 263 Å². The smallest absolute Gasteiger partial charge is 0.407 e. The molecule has 45 heavy (non-hydrogen) atoms. The van der Waals surface area contributed by atoms with Gasteiger partial charge in [0.2, 0.25) is 17.7 Å². The number of carbonyl (C=O) groups is 5. The quantitative estimate of drug-likeness (QED) is 0.190. The molecule has 3 heterocycles. The molecule has 16 heteroatoms. The van der Waals surface area contributed by atoms with Crippen LogP contribution in [-0.4, -0.2) is 110 Å². The van der Waals surface area contributed by atoms with E-state index in [0.29, 0.717) is 0 Å². The second kappa shape index (κ2) is 15.5. The van der Waals surface area contributed by atoms with Crippen molar-refractivity contribution in [2.24, 2.45) is 0 Å². The van der Waals surface area contributed by atoms with Gasteiger partial charge < -0.3 is 54.4 Å². The van der Waals surface area contributed by atoms with Crippen LogP contribution in [0.2, 0.25) is 0 Å². The van der Waals surface area contributed by atoms with E-state index in [0.717, 1.165) is 0 Å². The lowest BCUT2D eigenvalue weighted by atomic mass is 9.99. The second-order valence-corrected chi connectivity index (χ2v) is 12.9. The van der Waals surface area contributed by atoms with Crippen molar-refractivity contribution in [3.8, 4) is 0 Å². The summed E-state index contributed by atoms with van der Waals surface area (Å²) in [5.74, 6) is -3.27. The highest BCUT2D eigenvalue weighted by molar-refractivity contribution is 5.80. The zero-order valence-electron chi connectivity index (χ0n) is 27.1. The molecule has 3 aliphatic rings. The van der Waals surface area contributed by atoms with Crippen molar-refractivity contribution in [1.82, 2.24) is 21.3 Å². The zero-order valence-corrected chi connectivity index (χ0v) is 27.1. The molecule has 3 saturated heterocycles. The molecule has 3 aliphatic heterocycles. The standard InChI is InChI=1S/C29H48N4O12/c1-27(2,3)45-26(38)33-14-10-20(36)31-12-8-18(34)30-13-9-19(35)32-15-11-21(37)39-16-17-22-23(42-28(4,5)41-22)24-25(40-17)44-29(6,7)43-24/h17,22-25H,8-16H2,1-7H3,(H,30,34)(H,31,36)(H,32,35)(H,33,38)/t17-,22+,23+,24-,25-/m1/s1. The third-order valence-electron chi connectivity index (χ3n) is 6.68. The molecule has 4 amide bonds. The van der Waals surface area contributed by atoms with Gasteiger partial charge in [-0.05, 0) is 48.5 Å². The van der Waals surface area contributed by atoms with Gasteiger partial charge in [0.25, 0.3) is 0 Å². The van der Waals surface area contributed by atoms with E-state index in [2.05, 4.69) is 21.3 Å². The van der Waals surface area contributed by atoms with E-state index in [-0.39, 0.29) is 76.2 Å². The minimum atomic E-state index is -0.866. The minimum Gasteiger partial charge on any atom is -0.463 e. The van der Waals surface area contributed by atoms with Crippen LogP contribution in [0.25, 0.3) is 0 Å². The molecule has 16 nitrogen and oxygen atoms in total. The molecule has 0 aromatic carbocycles. The van der Waals surface area contributed by atoms with Gasteiger partial charge >= 0.3 is 12.1 Å². The van der Waals surface area contributed by atoms with Gasteiger partial charge in [-0.1, -0.05) is 0 Å². The molecule has 0 spiro atoms. The lowest BCUT2D eigenvalue weighted by Gasteiger charge is -2.36. The molecule has 0 aromatic rings. The maximum absolute atomic E-state index is 12.3. The van der Waals surface area contributed by atoms with Gasteiger partial charge in [-0.15, -0.1) is 0 Å². The Balaban J connectivity index is 1.22. The number of fused-ring (bicyclic) bond motifs is 3. The number of esters is 1. The molecule has 0 aliphatic carbocycles. The molecular weight excluding hydrogens is 596 g/mol. The minimum absolute atomic E-state index is 0.0105. The van der Waals surface area contributed by atoms with Crippen LogP contribution >= 0.6 is 0 Å². The summed E-state index contributed by atoms with van der Waals surface area (Å²) in [6.07, 6.45) is -3.39. The van der Waals surface area contributed by atoms with E-state index in [4.69, 9.17) is 33.2 Å². The van der Waals surface area contributed by atoms with Crippen molar-refractivity contribution in [1.29, 1.82) is 0 Å². The molecule has 256 valence electrons. The molecular formula is C29H48N4O12. The monoisotopic (exact) mass is 644 g/mol. The average Bonchev–Trinajstić information content (AvgIpc) is 3.39. The van der Waals surface area contributed by atoms with Crippen molar-refractivity contribution in [2.75, 3.05) is 32.8 Å². The van der Waals surface area contributed by atoms with Crippen molar-refractivity contribution < 1.29 is 57.1 Å². The van der Waals surface area contributed by atoms with Crippen LogP contribution in [0.3, 0.4) is 0 Å². The van der Waals surface area contributed by atoms with Crippen LogP contribution in [0.1, 0.15) is 74.1 Å². The zero-order chi connectivity index (χ0) is 33.4. The summed E-state index contributed by atoms with van der Waals surface area (Å²) >= 11 is 0. The van der Waals surface area contributed by atoms with Crippen LogP contribution in [0.15, 0.2) is 0 Å². The summed E-state index contributed by atoms with van der Waals surface area (Å²) in [5, 5.41) is 10.3. The highest BCUT2D eigenvalue weighted by atomic mass is 16.9.